The molecule has 1 aliphatic rings. The standard InChI is InChI=1S/C8H15NO3/c1-12-6-3-7(8(10)11)9-4-2-5-9/h7H,2-6H2,1H3,(H,10,11). The largest absolute Gasteiger partial charge is 0.480 e. The summed E-state index contributed by atoms with van der Waals surface area (Å²) in [7, 11) is 1.59. The lowest BCUT2D eigenvalue weighted by Crippen LogP contribution is -2.49. The van der Waals surface area contributed by atoms with Crippen LogP contribution in [0.2, 0.25) is 0 Å². The van der Waals surface area contributed by atoms with Gasteiger partial charge in [0.1, 0.15) is 6.04 Å². The zero-order chi connectivity index (χ0) is 8.97. The van der Waals surface area contributed by atoms with Crippen molar-refractivity contribution in [1.82, 2.24) is 4.90 Å². The summed E-state index contributed by atoms with van der Waals surface area (Å²) in [6, 6.07) is -0.335. The van der Waals surface area contributed by atoms with E-state index in [1.165, 1.54) is 0 Å². The molecular weight excluding hydrogens is 158 g/mol. The Morgan fingerprint density at radius 2 is 2.33 bits per heavy atom. The van der Waals surface area contributed by atoms with Gasteiger partial charge in [-0.2, -0.15) is 0 Å². The average molecular weight is 173 g/mol. The van der Waals surface area contributed by atoms with Gasteiger partial charge in [0.25, 0.3) is 0 Å². The van der Waals surface area contributed by atoms with Crippen molar-refractivity contribution < 1.29 is 14.6 Å². The number of nitrogens with zero attached hydrogens (tertiary/aromatic N) is 1. The smallest absolute Gasteiger partial charge is 0.321 e. The highest BCUT2D eigenvalue weighted by Gasteiger charge is 2.28. The van der Waals surface area contributed by atoms with Crippen LogP contribution in [0.5, 0.6) is 0 Å². The van der Waals surface area contributed by atoms with Crippen molar-refractivity contribution >= 4 is 5.97 Å². The molecule has 0 spiro atoms. The van der Waals surface area contributed by atoms with E-state index in [-0.39, 0.29) is 6.04 Å². The molecule has 1 heterocycles. The number of likely N-dealkylation sites (tertiary alicyclic amines) is 1. The second-order valence-corrected chi connectivity index (χ2v) is 3.03. The van der Waals surface area contributed by atoms with Gasteiger partial charge in [0.15, 0.2) is 0 Å². The van der Waals surface area contributed by atoms with Gasteiger partial charge in [0.05, 0.1) is 0 Å². The first-order valence-electron chi connectivity index (χ1n) is 4.21. The maximum Gasteiger partial charge on any atom is 0.321 e. The van der Waals surface area contributed by atoms with Crippen molar-refractivity contribution in [1.29, 1.82) is 0 Å². The number of methoxy groups -OCH3 is 1. The number of carbonyl (C=O) groups is 1. The minimum absolute atomic E-state index is 0.335. The summed E-state index contributed by atoms with van der Waals surface area (Å²) in [6.45, 7) is 2.36. The Balaban J connectivity index is 2.32. The van der Waals surface area contributed by atoms with E-state index in [1.807, 2.05) is 4.90 Å². The first-order chi connectivity index (χ1) is 5.75. The fourth-order valence-corrected chi connectivity index (χ4v) is 1.34. The van der Waals surface area contributed by atoms with Crippen molar-refractivity contribution in [2.75, 3.05) is 26.8 Å². The number of hydrogen-bond donors (Lipinski definition) is 1. The molecule has 0 bridgehead atoms. The maximum atomic E-state index is 10.7. The van der Waals surface area contributed by atoms with E-state index in [0.717, 1.165) is 19.5 Å². The molecule has 0 aromatic heterocycles. The molecule has 1 saturated heterocycles. The monoisotopic (exact) mass is 173 g/mol. The molecule has 1 unspecified atom stereocenters. The van der Waals surface area contributed by atoms with E-state index in [9.17, 15) is 4.79 Å². The van der Waals surface area contributed by atoms with Crippen LogP contribution in [-0.4, -0.2) is 48.8 Å². The van der Waals surface area contributed by atoms with Crippen LogP contribution in [0.4, 0.5) is 0 Å². The molecule has 0 radical (unpaired) electrons. The molecule has 4 nitrogen and oxygen atoms in total. The Hall–Kier alpha value is -0.610. The molecule has 70 valence electrons. The van der Waals surface area contributed by atoms with Crippen molar-refractivity contribution in [2.45, 2.75) is 18.9 Å². The van der Waals surface area contributed by atoms with Gasteiger partial charge in [-0.1, -0.05) is 0 Å². The molecule has 1 aliphatic heterocycles. The highest BCUT2D eigenvalue weighted by atomic mass is 16.5. The summed E-state index contributed by atoms with van der Waals surface area (Å²) in [5, 5.41) is 8.84. The highest BCUT2D eigenvalue weighted by Crippen LogP contribution is 2.13. The van der Waals surface area contributed by atoms with Gasteiger partial charge in [-0.25, -0.2) is 0 Å². The summed E-state index contributed by atoms with van der Waals surface area (Å²) in [5.41, 5.74) is 0. The SMILES string of the molecule is COCCC(C(=O)O)N1CCC1. The third kappa shape index (κ3) is 2.19. The number of aliphatic carboxylic acids is 1. The average Bonchev–Trinajstić information content (AvgIpc) is 1.93. The molecule has 4 heteroatoms. The van der Waals surface area contributed by atoms with E-state index in [2.05, 4.69) is 0 Å². The van der Waals surface area contributed by atoms with E-state index in [1.54, 1.807) is 7.11 Å². The Morgan fingerprint density at radius 1 is 1.67 bits per heavy atom. The normalized spacial score (nSPS) is 20.1. The minimum Gasteiger partial charge on any atom is -0.480 e. The third-order valence-electron chi connectivity index (χ3n) is 2.21. The zero-order valence-corrected chi connectivity index (χ0v) is 7.32. The number of carboxylic acids is 1. The van der Waals surface area contributed by atoms with Gasteiger partial charge in [0.2, 0.25) is 0 Å². The number of rotatable bonds is 5. The molecule has 0 aliphatic carbocycles. The lowest BCUT2D eigenvalue weighted by Gasteiger charge is -2.35. The summed E-state index contributed by atoms with van der Waals surface area (Å²) in [5.74, 6) is -0.730. The molecule has 1 N–H and O–H groups in total. The molecule has 1 fully saturated rings. The van der Waals surface area contributed by atoms with E-state index < -0.39 is 5.97 Å². The Morgan fingerprint density at radius 3 is 2.67 bits per heavy atom. The van der Waals surface area contributed by atoms with Crippen LogP contribution < -0.4 is 0 Å². The van der Waals surface area contributed by atoms with Gasteiger partial charge in [0, 0.05) is 26.8 Å². The predicted molar refractivity (Wildman–Crippen MR) is 44.1 cm³/mol. The quantitative estimate of drug-likeness (QED) is 0.644. The Kier molecular flexibility index (Phi) is 3.49. The molecular formula is C8H15NO3. The topological polar surface area (TPSA) is 49.8 Å². The summed E-state index contributed by atoms with van der Waals surface area (Å²) in [4.78, 5) is 12.7. The number of ether oxygens (including phenoxy) is 1. The molecule has 1 rings (SSSR count). The summed E-state index contributed by atoms with van der Waals surface area (Å²) < 4.78 is 4.85. The van der Waals surface area contributed by atoms with E-state index >= 15 is 0 Å². The summed E-state index contributed by atoms with van der Waals surface area (Å²) in [6.07, 6.45) is 1.71. The lowest BCUT2D eigenvalue weighted by molar-refractivity contribution is -0.145. The van der Waals surface area contributed by atoms with Crippen LogP contribution in [0, 0.1) is 0 Å². The fourth-order valence-electron chi connectivity index (χ4n) is 1.34. The van der Waals surface area contributed by atoms with Gasteiger partial charge >= 0.3 is 5.97 Å². The third-order valence-corrected chi connectivity index (χ3v) is 2.21. The second-order valence-electron chi connectivity index (χ2n) is 3.03. The summed E-state index contributed by atoms with van der Waals surface area (Å²) >= 11 is 0. The highest BCUT2D eigenvalue weighted by molar-refractivity contribution is 5.73. The molecule has 0 aromatic carbocycles. The molecule has 0 aromatic rings. The zero-order valence-electron chi connectivity index (χ0n) is 7.32. The molecule has 1 atom stereocenters. The first-order valence-corrected chi connectivity index (χ1v) is 4.21. The van der Waals surface area contributed by atoms with Gasteiger partial charge < -0.3 is 9.84 Å². The van der Waals surface area contributed by atoms with Crippen molar-refractivity contribution in [3.63, 3.8) is 0 Å². The van der Waals surface area contributed by atoms with Crippen molar-refractivity contribution in [3.05, 3.63) is 0 Å². The molecule has 12 heavy (non-hydrogen) atoms. The predicted octanol–water partition coefficient (Wildman–Crippen LogP) is 0.182. The van der Waals surface area contributed by atoms with Crippen LogP contribution in [0.3, 0.4) is 0 Å². The van der Waals surface area contributed by atoms with Crippen LogP contribution in [-0.2, 0) is 9.53 Å². The van der Waals surface area contributed by atoms with Gasteiger partial charge in [-0.05, 0) is 12.8 Å². The Bertz CT molecular complexity index is 156. The van der Waals surface area contributed by atoms with Crippen LogP contribution in [0.1, 0.15) is 12.8 Å². The Labute approximate surface area is 72.1 Å². The van der Waals surface area contributed by atoms with Crippen molar-refractivity contribution in [2.24, 2.45) is 0 Å². The van der Waals surface area contributed by atoms with E-state index in [4.69, 9.17) is 9.84 Å². The van der Waals surface area contributed by atoms with Crippen LogP contribution in [0.15, 0.2) is 0 Å². The number of carboxylic acid groups (broad SMARTS) is 1. The fraction of sp³-hybridized carbons (Fsp3) is 0.875. The first kappa shape index (κ1) is 9.48. The van der Waals surface area contributed by atoms with Crippen LogP contribution in [0.25, 0.3) is 0 Å². The minimum atomic E-state index is -0.730. The van der Waals surface area contributed by atoms with Gasteiger partial charge in [-0.15, -0.1) is 0 Å². The van der Waals surface area contributed by atoms with Crippen molar-refractivity contribution in [3.8, 4) is 0 Å². The van der Waals surface area contributed by atoms with Crippen LogP contribution >= 0.6 is 0 Å². The van der Waals surface area contributed by atoms with E-state index in [0.29, 0.717) is 13.0 Å². The maximum absolute atomic E-state index is 10.7. The molecule has 0 amide bonds. The number of hydrogen-bond acceptors (Lipinski definition) is 3. The lowest BCUT2D eigenvalue weighted by atomic mass is 10.1. The second kappa shape index (κ2) is 4.42. The van der Waals surface area contributed by atoms with Gasteiger partial charge in [-0.3, -0.25) is 9.69 Å². The molecule has 0 saturated carbocycles.